The molecule has 0 bridgehead atoms. The van der Waals surface area contributed by atoms with Gasteiger partial charge in [0.15, 0.2) is 0 Å². The van der Waals surface area contributed by atoms with Gasteiger partial charge in [-0.3, -0.25) is 9.59 Å². The van der Waals surface area contributed by atoms with Gasteiger partial charge in [-0.05, 0) is 43.5 Å². The van der Waals surface area contributed by atoms with Gasteiger partial charge in [-0.25, -0.2) is 4.79 Å². The molecule has 0 spiro atoms. The monoisotopic (exact) mass is 389 g/mol. The van der Waals surface area contributed by atoms with E-state index in [9.17, 15) is 14.4 Å². The van der Waals surface area contributed by atoms with Crippen LogP contribution in [0, 0.1) is 11.8 Å². The number of rotatable bonds is 12. The van der Waals surface area contributed by atoms with Crippen LogP contribution >= 0.6 is 0 Å². The molecule has 0 aliphatic heterocycles. The Kier molecular flexibility index (Phi) is 11.7. The number of ether oxygens (including phenoxy) is 1. The lowest BCUT2D eigenvalue weighted by Gasteiger charge is -2.06. The first-order chi connectivity index (χ1) is 13.5. The highest BCUT2D eigenvalue weighted by Crippen LogP contribution is 2.04. The second-order valence-electron chi connectivity index (χ2n) is 6.01. The maximum atomic E-state index is 11.6. The van der Waals surface area contributed by atoms with Crippen LogP contribution in [0.25, 0.3) is 0 Å². The van der Waals surface area contributed by atoms with Crippen LogP contribution in [0.5, 0.6) is 0 Å². The summed E-state index contributed by atoms with van der Waals surface area (Å²) in [5.41, 5.74) is 7.22. The Morgan fingerprint density at radius 2 is 1.93 bits per heavy atom. The first kappa shape index (κ1) is 23.1. The number of carbonyl (C=O) groups is 3. The second kappa shape index (κ2) is 14.2. The summed E-state index contributed by atoms with van der Waals surface area (Å²) in [7, 11) is 0. The van der Waals surface area contributed by atoms with Crippen molar-refractivity contribution in [3.8, 4) is 11.8 Å². The van der Waals surface area contributed by atoms with Gasteiger partial charge >= 0.3 is 5.97 Å². The number of unbranched alkanes of at least 4 members (excludes halogenated alkanes) is 1. The Morgan fingerprint density at radius 3 is 2.68 bits per heavy atom. The number of nitrogens with one attached hydrogen (secondary N) is 2. The van der Waals surface area contributed by atoms with E-state index in [1.807, 2.05) is 24.3 Å². The highest BCUT2D eigenvalue weighted by molar-refractivity contribution is 5.77. The Bertz CT molecular complexity index is 709. The van der Waals surface area contributed by atoms with Crippen LogP contribution in [0.1, 0.15) is 30.4 Å². The van der Waals surface area contributed by atoms with Gasteiger partial charge < -0.3 is 26.2 Å². The van der Waals surface area contributed by atoms with E-state index in [0.717, 1.165) is 24.0 Å². The first-order valence-electron chi connectivity index (χ1n) is 9.12. The molecule has 0 radical (unpaired) electrons. The number of nitrogens with two attached hydrogens (primary N) is 1. The molecule has 28 heavy (non-hydrogen) atoms. The van der Waals surface area contributed by atoms with E-state index in [1.54, 1.807) is 0 Å². The number of hydrogen-bond acceptors (Lipinski definition) is 5. The molecule has 0 aromatic heterocycles. The fraction of sp³-hybridized carbons (Fsp3) is 0.450. The van der Waals surface area contributed by atoms with Crippen molar-refractivity contribution in [1.29, 1.82) is 0 Å². The van der Waals surface area contributed by atoms with Crippen LogP contribution in [-0.4, -0.2) is 55.7 Å². The van der Waals surface area contributed by atoms with Crippen molar-refractivity contribution < 1.29 is 24.2 Å². The van der Waals surface area contributed by atoms with E-state index in [4.69, 9.17) is 15.6 Å². The number of hydrogen-bond donors (Lipinski definition) is 4. The molecule has 152 valence electrons. The molecule has 0 saturated heterocycles. The van der Waals surface area contributed by atoms with Gasteiger partial charge in [0.05, 0.1) is 6.54 Å². The minimum absolute atomic E-state index is 0.0282. The number of benzene rings is 1. The smallest absolute Gasteiger partial charge is 0.329 e. The zero-order valence-corrected chi connectivity index (χ0v) is 15.8. The summed E-state index contributed by atoms with van der Waals surface area (Å²) in [6.07, 6.45) is 2.68. The van der Waals surface area contributed by atoms with E-state index in [-0.39, 0.29) is 25.0 Å². The predicted octanol–water partition coefficient (Wildman–Crippen LogP) is 0.0432. The molecule has 1 aromatic rings. The zero-order chi connectivity index (χ0) is 20.6. The van der Waals surface area contributed by atoms with Gasteiger partial charge in [-0.1, -0.05) is 24.0 Å². The largest absolute Gasteiger partial charge is 0.480 e. The molecular weight excluding hydrogens is 362 g/mol. The van der Waals surface area contributed by atoms with Gasteiger partial charge in [-0.15, -0.1) is 0 Å². The Labute approximate surface area is 164 Å². The van der Waals surface area contributed by atoms with Gasteiger partial charge in [-0.2, -0.15) is 0 Å². The Morgan fingerprint density at radius 1 is 1.11 bits per heavy atom. The minimum atomic E-state index is -1.11. The highest BCUT2D eigenvalue weighted by Gasteiger charge is 2.03. The number of amides is 2. The molecule has 1 rings (SSSR count). The number of carboxylic acids is 1. The van der Waals surface area contributed by atoms with Crippen LogP contribution in [0.3, 0.4) is 0 Å². The molecule has 8 nitrogen and oxygen atoms in total. The Balaban J connectivity index is 2.31. The third-order valence-electron chi connectivity index (χ3n) is 3.59. The fourth-order valence-electron chi connectivity index (χ4n) is 2.24. The molecule has 0 aliphatic rings. The average Bonchev–Trinajstić information content (AvgIpc) is 2.65. The number of carboxylic acid groups (broad SMARTS) is 1. The van der Waals surface area contributed by atoms with Gasteiger partial charge in [0.2, 0.25) is 11.8 Å². The van der Waals surface area contributed by atoms with Gasteiger partial charge in [0, 0.05) is 18.5 Å². The average molecular weight is 389 g/mol. The lowest BCUT2D eigenvalue weighted by atomic mass is 10.1. The molecule has 0 atom stereocenters. The van der Waals surface area contributed by atoms with Crippen LogP contribution in [0.15, 0.2) is 24.3 Å². The summed E-state index contributed by atoms with van der Waals surface area (Å²) in [6, 6.07) is 7.60. The molecule has 1 aromatic carbocycles. The third-order valence-corrected chi connectivity index (χ3v) is 3.59. The zero-order valence-electron chi connectivity index (χ0n) is 15.8. The van der Waals surface area contributed by atoms with Gasteiger partial charge in [0.1, 0.15) is 13.2 Å². The maximum Gasteiger partial charge on any atom is 0.329 e. The third kappa shape index (κ3) is 11.7. The van der Waals surface area contributed by atoms with E-state index in [0.29, 0.717) is 25.9 Å². The highest BCUT2D eigenvalue weighted by atomic mass is 16.5. The number of aliphatic carboxylic acids is 1. The molecule has 5 N–H and O–H groups in total. The lowest BCUT2D eigenvalue weighted by Crippen LogP contribution is -2.30. The minimum Gasteiger partial charge on any atom is -0.480 e. The molecule has 2 amide bonds. The summed E-state index contributed by atoms with van der Waals surface area (Å²) >= 11 is 0. The molecule has 0 fully saturated rings. The first-order valence-corrected chi connectivity index (χ1v) is 9.12. The SMILES string of the molecule is NCCCCC(=O)NCC#Cc1cccc(CCNC(=O)COCC(=O)O)c1. The lowest BCUT2D eigenvalue weighted by molar-refractivity contribution is -0.143. The molecule has 0 aliphatic carbocycles. The van der Waals surface area contributed by atoms with E-state index < -0.39 is 12.6 Å². The van der Waals surface area contributed by atoms with Crippen molar-refractivity contribution in [2.45, 2.75) is 25.7 Å². The molecule has 0 heterocycles. The maximum absolute atomic E-state index is 11.6. The molecule has 8 heteroatoms. The van der Waals surface area contributed by atoms with Crippen LogP contribution in [0.4, 0.5) is 0 Å². The van der Waals surface area contributed by atoms with E-state index in [2.05, 4.69) is 22.5 Å². The standard InChI is InChI=1S/C20H27N3O5/c21-10-2-1-8-18(24)22-11-4-7-16-5-3-6-17(13-16)9-12-23-19(25)14-28-15-20(26)27/h3,5-6,13H,1-2,8-12,14-15,21H2,(H,22,24)(H,23,25)(H,26,27). The van der Waals surface area contributed by atoms with E-state index >= 15 is 0 Å². The summed E-state index contributed by atoms with van der Waals surface area (Å²) in [4.78, 5) is 33.4. The summed E-state index contributed by atoms with van der Waals surface area (Å²) in [5, 5.41) is 13.8. The fourth-order valence-corrected chi connectivity index (χ4v) is 2.24. The predicted molar refractivity (Wildman–Crippen MR) is 104 cm³/mol. The second-order valence-corrected chi connectivity index (χ2v) is 6.01. The normalized spacial score (nSPS) is 9.89. The van der Waals surface area contributed by atoms with Crippen molar-refractivity contribution in [2.24, 2.45) is 5.73 Å². The van der Waals surface area contributed by atoms with Gasteiger partial charge in [0.25, 0.3) is 0 Å². The van der Waals surface area contributed by atoms with Crippen LogP contribution in [-0.2, 0) is 25.5 Å². The molecular formula is C20H27N3O5. The summed E-state index contributed by atoms with van der Waals surface area (Å²) < 4.78 is 4.71. The van der Waals surface area contributed by atoms with E-state index in [1.165, 1.54) is 0 Å². The number of carbonyl (C=O) groups excluding carboxylic acids is 2. The molecule has 0 unspecified atom stereocenters. The topological polar surface area (TPSA) is 131 Å². The quantitative estimate of drug-likeness (QED) is 0.295. The summed E-state index contributed by atoms with van der Waals surface area (Å²) in [5.74, 6) is 4.41. The van der Waals surface area contributed by atoms with Crippen molar-refractivity contribution >= 4 is 17.8 Å². The summed E-state index contributed by atoms with van der Waals surface area (Å²) in [6.45, 7) is 0.507. The van der Waals surface area contributed by atoms with Crippen molar-refractivity contribution in [2.75, 3.05) is 32.8 Å². The molecule has 0 saturated carbocycles. The van der Waals surface area contributed by atoms with Crippen molar-refractivity contribution in [3.63, 3.8) is 0 Å². The van der Waals surface area contributed by atoms with Crippen molar-refractivity contribution in [1.82, 2.24) is 10.6 Å². The van der Waals surface area contributed by atoms with Crippen LogP contribution < -0.4 is 16.4 Å². The van der Waals surface area contributed by atoms with Crippen molar-refractivity contribution in [3.05, 3.63) is 35.4 Å². The van der Waals surface area contributed by atoms with Crippen LogP contribution in [0.2, 0.25) is 0 Å². The Hall–Kier alpha value is -2.89.